The number of carbonyl (C=O) groups excluding carboxylic acids is 2. The number of nitrogens with zero attached hydrogens (tertiary/aromatic N) is 2. The van der Waals surface area contributed by atoms with Gasteiger partial charge in [0, 0.05) is 30.5 Å². The highest BCUT2D eigenvalue weighted by molar-refractivity contribution is 9.10. The predicted molar refractivity (Wildman–Crippen MR) is 86.0 cm³/mol. The lowest BCUT2D eigenvalue weighted by molar-refractivity contribution is -0.128. The highest BCUT2D eigenvalue weighted by atomic mass is 79.9. The Morgan fingerprint density at radius 3 is 2.81 bits per heavy atom. The molecule has 2 amide bonds. The first-order valence-corrected chi connectivity index (χ1v) is 7.74. The Bertz CT molecular complexity index is 533. The van der Waals surface area contributed by atoms with E-state index in [1.807, 2.05) is 43.3 Å². The maximum Gasteiger partial charge on any atom is 0.229 e. The molecule has 0 bridgehead atoms. The summed E-state index contributed by atoms with van der Waals surface area (Å²) in [5, 5.41) is 2.88. The van der Waals surface area contributed by atoms with E-state index in [2.05, 4.69) is 21.2 Å². The summed E-state index contributed by atoms with van der Waals surface area (Å²) in [4.78, 5) is 28.0. The molecule has 1 fully saturated rings. The standard InChI is InChI=1S/C15H20BrN3O2/c1-18(2)7-8-19-10-11(9-14(19)20)15(21)17-13-6-4-3-5-12(13)16/h3-6,11H,7-10H2,1-2H3,(H,17,21). The fourth-order valence-corrected chi connectivity index (χ4v) is 2.67. The molecule has 5 nitrogen and oxygen atoms in total. The summed E-state index contributed by atoms with van der Waals surface area (Å²) < 4.78 is 0.840. The van der Waals surface area contributed by atoms with Gasteiger partial charge < -0.3 is 15.1 Å². The second-order valence-corrected chi connectivity index (χ2v) is 6.37. The number of benzene rings is 1. The van der Waals surface area contributed by atoms with Crippen LogP contribution in [-0.2, 0) is 9.59 Å². The zero-order valence-corrected chi connectivity index (χ0v) is 13.9. The first-order chi connectivity index (χ1) is 9.97. The molecule has 1 aromatic rings. The van der Waals surface area contributed by atoms with Crippen molar-refractivity contribution in [1.29, 1.82) is 0 Å². The van der Waals surface area contributed by atoms with Crippen LogP contribution in [0.4, 0.5) is 5.69 Å². The molecule has 21 heavy (non-hydrogen) atoms. The number of hydrogen-bond acceptors (Lipinski definition) is 3. The minimum Gasteiger partial charge on any atom is -0.341 e. The second-order valence-electron chi connectivity index (χ2n) is 5.51. The third-order valence-electron chi connectivity index (χ3n) is 3.53. The number of anilines is 1. The Hall–Kier alpha value is -1.40. The van der Waals surface area contributed by atoms with Crippen molar-refractivity contribution in [2.24, 2.45) is 5.92 Å². The van der Waals surface area contributed by atoms with Crippen LogP contribution in [-0.4, -0.2) is 55.3 Å². The minimum atomic E-state index is -0.272. The van der Waals surface area contributed by atoms with E-state index in [0.29, 0.717) is 19.5 Å². The van der Waals surface area contributed by atoms with Gasteiger partial charge in [0.15, 0.2) is 0 Å². The summed E-state index contributed by atoms with van der Waals surface area (Å²) in [5.74, 6) is -0.307. The van der Waals surface area contributed by atoms with Gasteiger partial charge in [0.2, 0.25) is 11.8 Å². The lowest BCUT2D eigenvalue weighted by Gasteiger charge is -2.19. The molecule has 1 aliphatic rings. The van der Waals surface area contributed by atoms with Crippen molar-refractivity contribution < 1.29 is 9.59 Å². The summed E-state index contributed by atoms with van der Waals surface area (Å²) in [6.07, 6.45) is 0.295. The van der Waals surface area contributed by atoms with E-state index in [9.17, 15) is 9.59 Å². The summed E-state index contributed by atoms with van der Waals surface area (Å²) in [7, 11) is 3.94. The Morgan fingerprint density at radius 1 is 1.43 bits per heavy atom. The minimum absolute atomic E-state index is 0.0594. The Balaban J connectivity index is 1.92. The van der Waals surface area contributed by atoms with Crippen LogP contribution < -0.4 is 5.32 Å². The van der Waals surface area contributed by atoms with Crippen LogP contribution in [0.5, 0.6) is 0 Å². The molecule has 1 saturated heterocycles. The van der Waals surface area contributed by atoms with Gasteiger partial charge in [-0.15, -0.1) is 0 Å². The molecule has 6 heteroatoms. The average molecular weight is 354 g/mol. The topological polar surface area (TPSA) is 52.6 Å². The number of para-hydroxylation sites is 1. The van der Waals surface area contributed by atoms with Crippen molar-refractivity contribution in [3.05, 3.63) is 28.7 Å². The summed E-state index contributed by atoms with van der Waals surface area (Å²) >= 11 is 3.40. The SMILES string of the molecule is CN(C)CCN1CC(C(=O)Nc2ccccc2Br)CC1=O. The van der Waals surface area contributed by atoms with Crippen LogP contribution in [0.3, 0.4) is 0 Å². The quantitative estimate of drug-likeness (QED) is 0.877. The van der Waals surface area contributed by atoms with Crippen molar-refractivity contribution in [2.75, 3.05) is 39.0 Å². The molecular formula is C15H20BrN3O2. The third-order valence-corrected chi connectivity index (χ3v) is 4.23. The van der Waals surface area contributed by atoms with E-state index in [0.717, 1.165) is 16.7 Å². The molecule has 0 aromatic heterocycles. The van der Waals surface area contributed by atoms with Gasteiger partial charge in [0.05, 0.1) is 11.6 Å². The Morgan fingerprint density at radius 2 is 2.14 bits per heavy atom. The number of halogens is 1. The molecule has 0 spiro atoms. The van der Waals surface area contributed by atoms with Gasteiger partial charge in [0.25, 0.3) is 0 Å². The molecule has 2 rings (SSSR count). The lowest BCUT2D eigenvalue weighted by atomic mass is 10.1. The van der Waals surface area contributed by atoms with Crippen molar-refractivity contribution in [3.8, 4) is 0 Å². The van der Waals surface area contributed by atoms with Gasteiger partial charge >= 0.3 is 0 Å². The van der Waals surface area contributed by atoms with Crippen LogP contribution in [0.25, 0.3) is 0 Å². The molecule has 0 radical (unpaired) electrons. The van der Waals surface area contributed by atoms with Gasteiger partial charge in [-0.05, 0) is 42.2 Å². The molecule has 1 aromatic carbocycles. The molecule has 0 saturated carbocycles. The molecule has 1 unspecified atom stereocenters. The predicted octanol–water partition coefficient (Wildman–Crippen LogP) is 1.80. The van der Waals surface area contributed by atoms with Crippen molar-refractivity contribution >= 4 is 33.4 Å². The van der Waals surface area contributed by atoms with Gasteiger partial charge in [-0.3, -0.25) is 9.59 Å². The molecule has 1 N–H and O–H groups in total. The summed E-state index contributed by atoms with van der Waals surface area (Å²) in [6, 6.07) is 7.47. The normalized spacial score (nSPS) is 18.4. The average Bonchev–Trinajstić information content (AvgIpc) is 2.80. The van der Waals surface area contributed by atoms with E-state index in [-0.39, 0.29) is 17.7 Å². The number of likely N-dealkylation sites (N-methyl/N-ethyl adjacent to an activating group) is 1. The Labute approximate surface area is 133 Å². The highest BCUT2D eigenvalue weighted by Gasteiger charge is 2.34. The van der Waals surface area contributed by atoms with E-state index in [4.69, 9.17) is 0 Å². The van der Waals surface area contributed by atoms with Gasteiger partial charge in [-0.1, -0.05) is 12.1 Å². The van der Waals surface area contributed by atoms with Crippen molar-refractivity contribution in [3.63, 3.8) is 0 Å². The van der Waals surface area contributed by atoms with E-state index >= 15 is 0 Å². The maximum absolute atomic E-state index is 12.3. The third kappa shape index (κ3) is 4.28. The summed E-state index contributed by atoms with van der Waals surface area (Å²) in [5.41, 5.74) is 0.738. The maximum atomic E-state index is 12.3. The van der Waals surface area contributed by atoms with Crippen LogP contribution in [0.2, 0.25) is 0 Å². The van der Waals surface area contributed by atoms with Gasteiger partial charge in [-0.2, -0.15) is 0 Å². The number of rotatable bonds is 5. The van der Waals surface area contributed by atoms with Crippen LogP contribution >= 0.6 is 15.9 Å². The number of amides is 2. The number of likely N-dealkylation sites (tertiary alicyclic amines) is 1. The van der Waals surface area contributed by atoms with Gasteiger partial charge in [0.1, 0.15) is 0 Å². The Kier molecular flexibility index (Phi) is 5.36. The molecular weight excluding hydrogens is 334 g/mol. The van der Waals surface area contributed by atoms with Crippen LogP contribution in [0.15, 0.2) is 28.7 Å². The smallest absolute Gasteiger partial charge is 0.229 e. The monoisotopic (exact) mass is 353 g/mol. The lowest BCUT2D eigenvalue weighted by Crippen LogP contribution is -2.34. The first kappa shape index (κ1) is 16.0. The van der Waals surface area contributed by atoms with Crippen molar-refractivity contribution in [2.45, 2.75) is 6.42 Å². The largest absolute Gasteiger partial charge is 0.341 e. The van der Waals surface area contributed by atoms with E-state index in [1.54, 1.807) is 4.90 Å². The first-order valence-electron chi connectivity index (χ1n) is 6.95. The van der Waals surface area contributed by atoms with Crippen LogP contribution in [0, 0.1) is 5.92 Å². The fraction of sp³-hybridized carbons (Fsp3) is 0.467. The molecule has 1 heterocycles. The van der Waals surface area contributed by atoms with Crippen molar-refractivity contribution in [1.82, 2.24) is 9.80 Å². The van der Waals surface area contributed by atoms with E-state index in [1.165, 1.54) is 0 Å². The molecule has 114 valence electrons. The zero-order chi connectivity index (χ0) is 15.4. The molecule has 1 atom stereocenters. The fourth-order valence-electron chi connectivity index (χ4n) is 2.28. The van der Waals surface area contributed by atoms with Gasteiger partial charge in [-0.25, -0.2) is 0 Å². The molecule has 0 aliphatic carbocycles. The number of nitrogens with one attached hydrogen (secondary N) is 1. The second kappa shape index (κ2) is 7.04. The molecule has 1 aliphatic heterocycles. The number of carbonyl (C=O) groups is 2. The zero-order valence-electron chi connectivity index (χ0n) is 12.3. The van der Waals surface area contributed by atoms with Crippen LogP contribution in [0.1, 0.15) is 6.42 Å². The number of hydrogen-bond donors (Lipinski definition) is 1. The van der Waals surface area contributed by atoms with E-state index < -0.39 is 0 Å². The summed E-state index contributed by atoms with van der Waals surface area (Å²) in [6.45, 7) is 1.98. The highest BCUT2D eigenvalue weighted by Crippen LogP contribution is 2.24.